The van der Waals surface area contributed by atoms with Crippen LogP contribution in [0.1, 0.15) is 58.8 Å². The number of hydrogen-bond donors (Lipinski definition) is 1. The summed E-state index contributed by atoms with van der Waals surface area (Å²) in [6.07, 6.45) is 9.78. The second kappa shape index (κ2) is 8.23. The van der Waals surface area contributed by atoms with Crippen molar-refractivity contribution in [2.45, 2.75) is 77.0 Å². The van der Waals surface area contributed by atoms with E-state index in [2.05, 4.69) is 24.1 Å². The lowest BCUT2D eigenvalue weighted by atomic mass is 9.89. The van der Waals surface area contributed by atoms with Crippen molar-refractivity contribution in [2.24, 2.45) is 0 Å². The molecule has 3 unspecified atom stereocenters. The Morgan fingerprint density at radius 2 is 2.11 bits per heavy atom. The molecule has 0 aromatic heterocycles. The average Bonchev–Trinajstić information content (AvgIpc) is 2.46. The van der Waals surface area contributed by atoms with E-state index in [4.69, 9.17) is 4.74 Å². The van der Waals surface area contributed by atoms with Crippen molar-refractivity contribution in [1.29, 1.82) is 0 Å². The van der Waals surface area contributed by atoms with E-state index >= 15 is 0 Å². The summed E-state index contributed by atoms with van der Waals surface area (Å²) in [6.45, 7) is 9.07. The third-order valence-corrected chi connectivity index (χ3v) is 4.74. The van der Waals surface area contributed by atoms with Gasteiger partial charge in [0.25, 0.3) is 0 Å². The molecule has 1 aliphatic heterocycles. The van der Waals surface area contributed by atoms with Crippen molar-refractivity contribution in [3.05, 3.63) is 0 Å². The molecule has 3 atom stereocenters. The van der Waals surface area contributed by atoms with Gasteiger partial charge in [0, 0.05) is 18.6 Å². The van der Waals surface area contributed by atoms with E-state index in [-0.39, 0.29) is 0 Å². The summed E-state index contributed by atoms with van der Waals surface area (Å²) >= 11 is 0. The van der Waals surface area contributed by atoms with Crippen molar-refractivity contribution in [1.82, 2.24) is 10.2 Å². The molecular formula is C16H32N2O. The van der Waals surface area contributed by atoms with Gasteiger partial charge in [0.05, 0.1) is 12.7 Å². The van der Waals surface area contributed by atoms with Gasteiger partial charge in [-0.1, -0.05) is 19.8 Å². The standard InChI is InChI=1S/C16H32N2O/c1-3-10-17-11-6-7-14(2)18-12-13-19-16-9-5-4-8-15(16)18/h14-17H,3-13H2,1-2H3. The molecule has 0 spiro atoms. The average molecular weight is 268 g/mol. The Kier molecular flexibility index (Phi) is 6.62. The second-order valence-corrected chi connectivity index (χ2v) is 6.24. The highest BCUT2D eigenvalue weighted by Gasteiger charge is 2.35. The fraction of sp³-hybridized carbons (Fsp3) is 1.00. The fourth-order valence-corrected chi connectivity index (χ4v) is 3.66. The third-order valence-electron chi connectivity index (χ3n) is 4.74. The van der Waals surface area contributed by atoms with Crippen LogP contribution in [0.2, 0.25) is 0 Å². The molecule has 1 N–H and O–H groups in total. The Morgan fingerprint density at radius 1 is 1.26 bits per heavy atom. The molecule has 0 amide bonds. The molecule has 2 fully saturated rings. The molecule has 19 heavy (non-hydrogen) atoms. The number of nitrogens with zero attached hydrogens (tertiary/aromatic N) is 1. The van der Waals surface area contributed by atoms with Crippen LogP contribution < -0.4 is 5.32 Å². The van der Waals surface area contributed by atoms with E-state index in [1.54, 1.807) is 0 Å². The van der Waals surface area contributed by atoms with Crippen molar-refractivity contribution in [3.63, 3.8) is 0 Å². The fourth-order valence-electron chi connectivity index (χ4n) is 3.66. The van der Waals surface area contributed by atoms with E-state index in [1.165, 1.54) is 51.5 Å². The van der Waals surface area contributed by atoms with Crippen molar-refractivity contribution >= 4 is 0 Å². The summed E-state index contributed by atoms with van der Waals surface area (Å²) in [5.41, 5.74) is 0. The van der Waals surface area contributed by atoms with Gasteiger partial charge in [-0.05, 0) is 52.1 Å². The van der Waals surface area contributed by atoms with Crippen LogP contribution in [0.5, 0.6) is 0 Å². The van der Waals surface area contributed by atoms with E-state index in [1.807, 2.05) is 0 Å². The molecule has 1 heterocycles. The van der Waals surface area contributed by atoms with Crippen LogP contribution in [0.15, 0.2) is 0 Å². The first kappa shape index (κ1) is 15.3. The Labute approximate surface area is 119 Å². The summed E-state index contributed by atoms with van der Waals surface area (Å²) in [5.74, 6) is 0. The summed E-state index contributed by atoms with van der Waals surface area (Å²) < 4.78 is 5.97. The van der Waals surface area contributed by atoms with Gasteiger partial charge in [0.2, 0.25) is 0 Å². The number of morpholine rings is 1. The molecule has 2 rings (SSSR count). The van der Waals surface area contributed by atoms with Crippen molar-refractivity contribution in [2.75, 3.05) is 26.2 Å². The van der Waals surface area contributed by atoms with Gasteiger partial charge in [-0.15, -0.1) is 0 Å². The smallest absolute Gasteiger partial charge is 0.0731 e. The van der Waals surface area contributed by atoms with Crippen LogP contribution in [-0.4, -0.2) is 49.3 Å². The lowest BCUT2D eigenvalue weighted by Crippen LogP contribution is -2.55. The summed E-state index contributed by atoms with van der Waals surface area (Å²) in [5, 5.41) is 3.51. The van der Waals surface area contributed by atoms with Crippen molar-refractivity contribution < 1.29 is 4.74 Å². The third kappa shape index (κ3) is 4.44. The zero-order valence-electron chi connectivity index (χ0n) is 12.9. The molecule has 0 radical (unpaired) electrons. The Balaban J connectivity index is 1.72. The SMILES string of the molecule is CCCNCCCC(C)N1CCOC2CCCCC21. The zero-order valence-corrected chi connectivity index (χ0v) is 12.9. The molecule has 0 aromatic rings. The second-order valence-electron chi connectivity index (χ2n) is 6.24. The van der Waals surface area contributed by atoms with Crippen LogP contribution in [0, 0.1) is 0 Å². The lowest BCUT2D eigenvalue weighted by molar-refractivity contribution is -0.101. The maximum atomic E-state index is 5.97. The van der Waals surface area contributed by atoms with E-state index in [0.29, 0.717) is 12.1 Å². The lowest BCUT2D eigenvalue weighted by Gasteiger charge is -2.46. The molecule has 1 aliphatic carbocycles. The minimum absolute atomic E-state index is 0.531. The van der Waals surface area contributed by atoms with E-state index in [0.717, 1.165) is 25.7 Å². The normalized spacial score (nSPS) is 30.0. The Morgan fingerprint density at radius 3 is 2.95 bits per heavy atom. The van der Waals surface area contributed by atoms with Crippen LogP contribution in [0.4, 0.5) is 0 Å². The molecule has 3 heteroatoms. The van der Waals surface area contributed by atoms with E-state index in [9.17, 15) is 0 Å². The summed E-state index contributed by atoms with van der Waals surface area (Å²) in [7, 11) is 0. The van der Waals surface area contributed by atoms with Crippen LogP contribution in [0.3, 0.4) is 0 Å². The van der Waals surface area contributed by atoms with Crippen LogP contribution in [0.25, 0.3) is 0 Å². The van der Waals surface area contributed by atoms with Gasteiger partial charge >= 0.3 is 0 Å². The maximum absolute atomic E-state index is 5.97. The van der Waals surface area contributed by atoms with Gasteiger partial charge in [0.1, 0.15) is 0 Å². The predicted molar refractivity (Wildman–Crippen MR) is 80.6 cm³/mol. The van der Waals surface area contributed by atoms with Gasteiger partial charge in [-0.25, -0.2) is 0 Å². The molecule has 3 nitrogen and oxygen atoms in total. The van der Waals surface area contributed by atoms with Crippen LogP contribution >= 0.6 is 0 Å². The number of ether oxygens (including phenoxy) is 1. The topological polar surface area (TPSA) is 24.5 Å². The molecule has 0 bridgehead atoms. The summed E-state index contributed by atoms with van der Waals surface area (Å²) in [4.78, 5) is 2.74. The van der Waals surface area contributed by atoms with Crippen molar-refractivity contribution in [3.8, 4) is 0 Å². The minimum atomic E-state index is 0.531. The first-order valence-electron chi connectivity index (χ1n) is 8.41. The monoisotopic (exact) mass is 268 g/mol. The first-order chi connectivity index (χ1) is 9.33. The van der Waals surface area contributed by atoms with Gasteiger partial charge < -0.3 is 10.1 Å². The largest absolute Gasteiger partial charge is 0.375 e. The minimum Gasteiger partial charge on any atom is -0.375 e. The van der Waals surface area contributed by atoms with Gasteiger partial charge in [-0.2, -0.15) is 0 Å². The van der Waals surface area contributed by atoms with Gasteiger partial charge in [0.15, 0.2) is 0 Å². The quantitative estimate of drug-likeness (QED) is 0.719. The molecule has 1 saturated carbocycles. The highest BCUT2D eigenvalue weighted by Crippen LogP contribution is 2.30. The highest BCUT2D eigenvalue weighted by atomic mass is 16.5. The van der Waals surface area contributed by atoms with E-state index < -0.39 is 0 Å². The Hall–Kier alpha value is -0.120. The number of hydrogen-bond acceptors (Lipinski definition) is 3. The number of nitrogens with one attached hydrogen (secondary N) is 1. The molecular weight excluding hydrogens is 236 g/mol. The molecule has 1 saturated heterocycles. The number of fused-ring (bicyclic) bond motifs is 1. The molecule has 2 aliphatic rings. The molecule has 0 aromatic carbocycles. The number of rotatable bonds is 7. The first-order valence-corrected chi connectivity index (χ1v) is 8.41. The maximum Gasteiger partial charge on any atom is 0.0731 e. The predicted octanol–water partition coefficient (Wildman–Crippen LogP) is 2.80. The molecule has 112 valence electrons. The highest BCUT2D eigenvalue weighted by molar-refractivity contribution is 4.89. The Bertz CT molecular complexity index is 245. The zero-order chi connectivity index (χ0) is 13.5. The van der Waals surface area contributed by atoms with Crippen LogP contribution in [-0.2, 0) is 4.74 Å². The van der Waals surface area contributed by atoms with Gasteiger partial charge in [-0.3, -0.25) is 4.90 Å². The summed E-state index contributed by atoms with van der Waals surface area (Å²) in [6, 6.07) is 1.43.